The molecular weight excluding hydrogens is 382 g/mol. The fraction of sp³-hybridized carbons (Fsp3) is 0.783. The fourth-order valence-electron chi connectivity index (χ4n) is 3.88. The third kappa shape index (κ3) is 6.83. The highest BCUT2D eigenvalue weighted by atomic mass is 16.4. The van der Waals surface area contributed by atoms with Gasteiger partial charge in [0, 0.05) is 12.6 Å². The molecule has 7 heteroatoms. The lowest BCUT2D eigenvalue weighted by molar-refractivity contribution is -0.141. The molecule has 0 radical (unpaired) electrons. The molecule has 2 amide bonds. The van der Waals surface area contributed by atoms with Crippen LogP contribution in [-0.4, -0.2) is 71.5 Å². The third-order valence-electron chi connectivity index (χ3n) is 6.07. The highest BCUT2D eigenvalue weighted by molar-refractivity contribution is 5.91. The molecule has 1 aliphatic rings. The minimum atomic E-state index is -1.00. The number of hydrogen-bond acceptors (Lipinski definition) is 4. The van der Waals surface area contributed by atoms with Crippen molar-refractivity contribution in [1.82, 2.24) is 15.1 Å². The van der Waals surface area contributed by atoms with Gasteiger partial charge in [-0.1, -0.05) is 47.6 Å². The smallest absolute Gasteiger partial charge is 0.331 e. The molecule has 0 aliphatic carbocycles. The number of carboxylic acids is 1. The van der Waals surface area contributed by atoms with Gasteiger partial charge in [0.15, 0.2) is 0 Å². The SMILES string of the molecule is C/C(=C\[C@H](C(C)C)N(C)C(=O)C(NC(=O)[C@H]1C[C@H](C)CCN1C)C(C)(C)C)C(=O)O. The second-order valence-corrected chi connectivity index (χ2v) is 10.3. The predicted octanol–water partition coefficient (Wildman–Crippen LogP) is 2.76. The first-order valence-electron chi connectivity index (χ1n) is 10.9. The summed E-state index contributed by atoms with van der Waals surface area (Å²) >= 11 is 0. The van der Waals surface area contributed by atoms with E-state index in [0.717, 1.165) is 19.4 Å². The van der Waals surface area contributed by atoms with Gasteiger partial charge in [0.2, 0.25) is 11.8 Å². The predicted molar refractivity (Wildman–Crippen MR) is 119 cm³/mol. The van der Waals surface area contributed by atoms with Crippen molar-refractivity contribution in [3.8, 4) is 0 Å². The van der Waals surface area contributed by atoms with Gasteiger partial charge in [-0.15, -0.1) is 0 Å². The van der Waals surface area contributed by atoms with Crippen LogP contribution in [0.2, 0.25) is 0 Å². The number of nitrogens with one attached hydrogen (secondary N) is 1. The third-order valence-corrected chi connectivity index (χ3v) is 6.07. The molecule has 1 aliphatic heterocycles. The summed E-state index contributed by atoms with van der Waals surface area (Å²) in [5.41, 5.74) is -0.296. The van der Waals surface area contributed by atoms with E-state index in [1.807, 2.05) is 41.7 Å². The maximum Gasteiger partial charge on any atom is 0.331 e. The first kappa shape index (κ1) is 26.1. The summed E-state index contributed by atoms with van der Waals surface area (Å²) in [4.78, 5) is 41.5. The average Bonchev–Trinajstić information content (AvgIpc) is 2.63. The molecule has 1 rings (SSSR count). The first-order chi connectivity index (χ1) is 13.7. The fourth-order valence-corrected chi connectivity index (χ4v) is 3.88. The monoisotopic (exact) mass is 423 g/mol. The molecule has 0 aromatic heterocycles. The summed E-state index contributed by atoms with van der Waals surface area (Å²) < 4.78 is 0. The zero-order chi connectivity index (χ0) is 23.4. The average molecular weight is 424 g/mol. The van der Waals surface area contributed by atoms with E-state index in [-0.39, 0.29) is 35.4 Å². The molecule has 1 fully saturated rings. The summed E-state index contributed by atoms with van der Waals surface area (Å²) in [5, 5.41) is 12.3. The maximum atomic E-state index is 13.5. The van der Waals surface area contributed by atoms with E-state index >= 15 is 0 Å². The van der Waals surface area contributed by atoms with Gasteiger partial charge < -0.3 is 15.3 Å². The second-order valence-electron chi connectivity index (χ2n) is 10.3. The van der Waals surface area contributed by atoms with E-state index in [1.165, 1.54) is 6.92 Å². The summed E-state index contributed by atoms with van der Waals surface area (Å²) in [6.07, 6.45) is 3.46. The van der Waals surface area contributed by atoms with Crippen LogP contribution in [0.5, 0.6) is 0 Å². The lowest BCUT2D eigenvalue weighted by Crippen LogP contribution is -2.60. The van der Waals surface area contributed by atoms with Crippen LogP contribution in [0.3, 0.4) is 0 Å². The van der Waals surface area contributed by atoms with E-state index in [2.05, 4.69) is 17.1 Å². The lowest BCUT2D eigenvalue weighted by atomic mass is 9.84. The number of aliphatic carboxylic acids is 1. The van der Waals surface area contributed by atoms with Crippen molar-refractivity contribution in [3.63, 3.8) is 0 Å². The molecule has 172 valence electrons. The number of hydrogen-bond donors (Lipinski definition) is 2. The molecule has 30 heavy (non-hydrogen) atoms. The largest absolute Gasteiger partial charge is 0.478 e. The molecule has 1 saturated heterocycles. The van der Waals surface area contributed by atoms with Crippen LogP contribution in [-0.2, 0) is 14.4 Å². The molecule has 1 heterocycles. The highest BCUT2D eigenvalue weighted by Gasteiger charge is 2.39. The number of rotatable bonds is 7. The molecular formula is C23H41N3O4. The molecule has 0 aromatic carbocycles. The molecule has 7 nitrogen and oxygen atoms in total. The van der Waals surface area contributed by atoms with Crippen molar-refractivity contribution in [2.24, 2.45) is 17.3 Å². The number of piperidine rings is 1. The second kappa shape index (κ2) is 10.4. The number of amides is 2. The Hall–Kier alpha value is -1.89. The summed E-state index contributed by atoms with van der Waals surface area (Å²) in [7, 11) is 3.63. The van der Waals surface area contributed by atoms with Crippen molar-refractivity contribution in [1.29, 1.82) is 0 Å². The van der Waals surface area contributed by atoms with Gasteiger partial charge in [0.05, 0.1) is 12.1 Å². The van der Waals surface area contributed by atoms with Crippen molar-refractivity contribution < 1.29 is 19.5 Å². The Labute approximate surface area is 181 Å². The maximum absolute atomic E-state index is 13.5. The van der Waals surface area contributed by atoms with Gasteiger partial charge in [0.1, 0.15) is 6.04 Å². The van der Waals surface area contributed by atoms with Crippen LogP contribution >= 0.6 is 0 Å². The van der Waals surface area contributed by atoms with E-state index in [9.17, 15) is 19.5 Å². The number of carboxylic acid groups (broad SMARTS) is 1. The van der Waals surface area contributed by atoms with E-state index in [1.54, 1.807) is 18.0 Å². The minimum absolute atomic E-state index is 0.0231. The van der Waals surface area contributed by atoms with E-state index < -0.39 is 17.4 Å². The zero-order valence-corrected chi connectivity index (χ0v) is 20.2. The summed E-state index contributed by atoms with van der Waals surface area (Å²) in [5.74, 6) is -0.844. The van der Waals surface area contributed by atoms with Gasteiger partial charge in [0.25, 0.3) is 0 Å². The highest BCUT2D eigenvalue weighted by Crippen LogP contribution is 2.26. The standard InChI is InChI=1S/C23H41N3O4/c1-14(2)17(13-16(4)22(29)30)26(9)21(28)19(23(5,6)7)24-20(27)18-12-15(3)10-11-25(18)8/h13-15,17-19H,10-12H2,1-9H3,(H,24,27)(H,29,30)/b16-13+/t15-,17-,18-,19?/m1/s1. The summed E-state index contributed by atoms with van der Waals surface area (Å²) in [6, 6.07) is -1.33. The van der Waals surface area contributed by atoms with Crippen molar-refractivity contribution >= 4 is 17.8 Å². The Balaban J connectivity index is 3.12. The molecule has 0 aromatic rings. The topological polar surface area (TPSA) is 90.0 Å². The Morgan fingerprint density at radius 1 is 1.23 bits per heavy atom. The van der Waals surface area contributed by atoms with Crippen LogP contribution < -0.4 is 5.32 Å². The van der Waals surface area contributed by atoms with Crippen molar-refractivity contribution in [3.05, 3.63) is 11.6 Å². The van der Waals surface area contributed by atoms with Gasteiger partial charge >= 0.3 is 5.97 Å². The van der Waals surface area contributed by atoms with Gasteiger partial charge in [-0.3, -0.25) is 14.5 Å². The zero-order valence-electron chi connectivity index (χ0n) is 20.2. The van der Waals surface area contributed by atoms with Crippen LogP contribution in [0, 0.1) is 17.3 Å². The van der Waals surface area contributed by atoms with Crippen molar-refractivity contribution in [2.75, 3.05) is 20.6 Å². The van der Waals surface area contributed by atoms with E-state index in [4.69, 9.17) is 0 Å². The van der Waals surface area contributed by atoms with E-state index in [0.29, 0.717) is 5.92 Å². The van der Waals surface area contributed by atoms with Crippen molar-refractivity contribution in [2.45, 2.75) is 79.4 Å². The summed E-state index contributed by atoms with van der Waals surface area (Å²) in [6.45, 7) is 14.2. The number of likely N-dealkylation sites (N-methyl/N-ethyl adjacent to an activating group) is 2. The first-order valence-corrected chi connectivity index (χ1v) is 10.9. The van der Waals surface area contributed by atoms with Gasteiger partial charge in [-0.25, -0.2) is 4.79 Å². The van der Waals surface area contributed by atoms with Gasteiger partial charge in [-0.2, -0.15) is 0 Å². The minimum Gasteiger partial charge on any atom is -0.478 e. The Morgan fingerprint density at radius 3 is 2.27 bits per heavy atom. The molecule has 4 atom stereocenters. The number of carbonyl (C=O) groups is 3. The normalized spacial score (nSPS) is 23.1. The molecule has 1 unspecified atom stereocenters. The molecule has 2 N–H and O–H groups in total. The molecule has 0 saturated carbocycles. The molecule has 0 spiro atoms. The van der Waals surface area contributed by atoms with Gasteiger partial charge in [-0.05, 0) is 50.6 Å². The lowest BCUT2D eigenvalue weighted by Gasteiger charge is -2.40. The van der Waals surface area contributed by atoms with Crippen LogP contribution in [0.15, 0.2) is 11.6 Å². The molecule has 0 bridgehead atoms. The number of likely N-dealkylation sites (tertiary alicyclic amines) is 1. The van der Waals surface area contributed by atoms with Crippen LogP contribution in [0.4, 0.5) is 0 Å². The Bertz CT molecular complexity index is 666. The van der Waals surface area contributed by atoms with Crippen LogP contribution in [0.25, 0.3) is 0 Å². The Kier molecular flexibility index (Phi) is 9.08. The number of carbonyl (C=O) groups excluding carboxylic acids is 2. The number of nitrogens with zero attached hydrogens (tertiary/aromatic N) is 2. The van der Waals surface area contributed by atoms with Crippen LogP contribution in [0.1, 0.15) is 61.3 Å². The quantitative estimate of drug-likeness (QED) is 0.615. The Morgan fingerprint density at radius 2 is 1.80 bits per heavy atom.